The number of carbonyl (C=O) groups excluding carboxylic acids is 1. The maximum atomic E-state index is 12.4. The van der Waals surface area contributed by atoms with Crippen LogP contribution in [0.3, 0.4) is 0 Å². The van der Waals surface area contributed by atoms with E-state index in [0.717, 1.165) is 33.3 Å². The SMILES string of the molecule is C#Cc1cccc(Nc2ncnc3ccc(-c4ccccc4C(=O)OCC)cc23)c1. The minimum atomic E-state index is -0.345. The molecule has 0 spiro atoms. The van der Waals surface area contributed by atoms with Crippen LogP contribution in [0.5, 0.6) is 0 Å². The molecule has 0 radical (unpaired) electrons. The molecule has 0 aliphatic rings. The van der Waals surface area contributed by atoms with Gasteiger partial charge in [-0.2, -0.15) is 0 Å². The van der Waals surface area contributed by atoms with Crippen LogP contribution in [0.15, 0.2) is 73.1 Å². The molecule has 30 heavy (non-hydrogen) atoms. The van der Waals surface area contributed by atoms with Gasteiger partial charge in [0.05, 0.1) is 17.7 Å². The van der Waals surface area contributed by atoms with Gasteiger partial charge < -0.3 is 10.1 Å². The summed E-state index contributed by atoms with van der Waals surface area (Å²) in [6.45, 7) is 2.12. The lowest BCUT2D eigenvalue weighted by Gasteiger charge is -2.12. The Bertz CT molecular complexity index is 1270. The molecule has 0 saturated heterocycles. The summed E-state index contributed by atoms with van der Waals surface area (Å²) in [5.74, 6) is 2.94. The number of hydrogen-bond donors (Lipinski definition) is 1. The molecule has 1 N–H and O–H groups in total. The van der Waals surface area contributed by atoms with E-state index in [9.17, 15) is 4.79 Å². The quantitative estimate of drug-likeness (QED) is 0.373. The predicted octanol–water partition coefficient (Wildman–Crippen LogP) is 5.20. The van der Waals surface area contributed by atoms with Crippen molar-refractivity contribution in [3.63, 3.8) is 0 Å². The van der Waals surface area contributed by atoms with Crippen LogP contribution in [0, 0.1) is 12.3 Å². The Morgan fingerprint density at radius 3 is 2.77 bits per heavy atom. The van der Waals surface area contributed by atoms with E-state index >= 15 is 0 Å². The first-order valence-electron chi connectivity index (χ1n) is 9.54. The molecular formula is C25H19N3O2. The monoisotopic (exact) mass is 393 g/mol. The van der Waals surface area contributed by atoms with Crippen LogP contribution < -0.4 is 5.32 Å². The number of anilines is 2. The fourth-order valence-electron chi connectivity index (χ4n) is 3.27. The number of esters is 1. The molecule has 0 aliphatic heterocycles. The van der Waals surface area contributed by atoms with E-state index in [4.69, 9.17) is 11.2 Å². The maximum absolute atomic E-state index is 12.4. The third-order valence-corrected chi connectivity index (χ3v) is 4.66. The van der Waals surface area contributed by atoms with Gasteiger partial charge in [0.25, 0.3) is 0 Å². The minimum Gasteiger partial charge on any atom is -0.462 e. The first-order chi connectivity index (χ1) is 14.7. The number of benzene rings is 3. The van der Waals surface area contributed by atoms with Crippen LogP contribution in [0.25, 0.3) is 22.0 Å². The first kappa shape index (κ1) is 19.2. The number of carbonyl (C=O) groups is 1. The fraction of sp³-hybridized carbons (Fsp3) is 0.0800. The Balaban J connectivity index is 1.79. The average Bonchev–Trinajstić information content (AvgIpc) is 2.79. The third kappa shape index (κ3) is 3.85. The highest BCUT2D eigenvalue weighted by molar-refractivity contribution is 6.00. The first-order valence-corrected chi connectivity index (χ1v) is 9.54. The summed E-state index contributed by atoms with van der Waals surface area (Å²) in [5, 5.41) is 4.15. The van der Waals surface area contributed by atoms with Crippen molar-refractivity contribution in [3.05, 3.63) is 84.2 Å². The van der Waals surface area contributed by atoms with Gasteiger partial charge in [-0.25, -0.2) is 14.8 Å². The molecule has 0 fully saturated rings. The molecule has 0 atom stereocenters. The molecule has 146 valence electrons. The average molecular weight is 393 g/mol. The number of aromatic nitrogens is 2. The van der Waals surface area contributed by atoms with Gasteiger partial charge in [0.15, 0.2) is 0 Å². The van der Waals surface area contributed by atoms with E-state index in [2.05, 4.69) is 21.2 Å². The third-order valence-electron chi connectivity index (χ3n) is 4.66. The molecule has 1 heterocycles. The number of nitrogens with one attached hydrogen (secondary N) is 1. The smallest absolute Gasteiger partial charge is 0.338 e. The van der Waals surface area contributed by atoms with Crippen LogP contribution in [0.2, 0.25) is 0 Å². The van der Waals surface area contributed by atoms with E-state index < -0.39 is 0 Å². The molecule has 3 aromatic carbocycles. The Morgan fingerprint density at radius 2 is 1.93 bits per heavy atom. The molecule has 0 unspecified atom stereocenters. The molecule has 0 aliphatic carbocycles. The van der Waals surface area contributed by atoms with Crippen molar-refractivity contribution in [2.45, 2.75) is 6.92 Å². The van der Waals surface area contributed by atoms with Crippen LogP contribution in [-0.2, 0) is 4.74 Å². The summed E-state index contributed by atoms with van der Waals surface area (Å²) >= 11 is 0. The number of rotatable bonds is 5. The van der Waals surface area contributed by atoms with Crippen LogP contribution in [0.4, 0.5) is 11.5 Å². The maximum Gasteiger partial charge on any atom is 0.338 e. The topological polar surface area (TPSA) is 64.1 Å². The standard InChI is InChI=1S/C25H19N3O2/c1-3-17-8-7-9-19(14-17)28-24-22-15-18(12-13-23(22)26-16-27-24)20-10-5-6-11-21(20)25(29)30-4-2/h1,5-16H,4H2,2H3,(H,26,27,28). The van der Waals surface area contributed by atoms with Gasteiger partial charge in [-0.1, -0.05) is 36.3 Å². The number of nitrogens with zero attached hydrogens (tertiary/aromatic N) is 2. The summed E-state index contributed by atoms with van der Waals surface area (Å²) in [4.78, 5) is 21.2. The molecule has 0 amide bonds. The van der Waals surface area contributed by atoms with Gasteiger partial charge in [0, 0.05) is 16.6 Å². The number of ether oxygens (including phenoxy) is 1. The van der Waals surface area contributed by atoms with Gasteiger partial charge in [0.1, 0.15) is 12.1 Å². The fourth-order valence-corrected chi connectivity index (χ4v) is 3.27. The van der Waals surface area contributed by atoms with Crippen molar-refractivity contribution < 1.29 is 9.53 Å². The van der Waals surface area contributed by atoms with E-state index in [0.29, 0.717) is 18.0 Å². The molecule has 0 saturated carbocycles. The summed E-state index contributed by atoms with van der Waals surface area (Å²) in [6, 6.07) is 20.8. The largest absolute Gasteiger partial charge is 0.462 e. The molecule has 0 bridgehead atoms. The van der Waals surface area contributed by atoms with Gasteiger partial charge in [0.2, 0.25) is 0 Å². The van der Waals surface area contributed by atoms with Crippen molar-refractivity contribution >= 4 is 28.4 Å². The van der Waals surface area contributed by atoms with Crippen LogP contribution >= 0.6 is 0 Å². The number of fused-ring (bicyclic) bond motifs is 1. The van der Waals surface area contributed by atoms with Crippen molar-refractivity contribution in [1.29, 1.82) is 0 Å². The molecular weight excluding hydrogens is 374 g/mol. The lowest BCUT2D eigenvalue weighted by atomic mass is 9.98. The zero-order chi connectivity index (χ0) is 20.9. The van der Waals surface area contributed by atoms with E-state index in [1.165, 1.54) is 6.33 Å². The lowest BCUT2D eigenvalue weighted by molar-refractivity contribution is 0.0527. The van der Waals surface area contributed by atoms with Crippen molar-refractivity contribution in [2.75, 3.05) is 11.9 Å². The lowest BCUT2D eigenvalue weighted by Crippen LogP contribution is -2.06. The zero-order valence-corrected chi connectivity index (χ0v) is 16.4. The normalized spacial score (nSPS) is 10.4. The molecule has 4 rings (SSSR count). The minimum absolute atomic E-state index is 0.323. The second-order valence-corrected chi connectivity index (χ2v) is 6.57. The molecule has 5 heteroatoms. The Kier molecular flexibility index (Phi) is 5.40. The summed E-state index contributed by atoms with van der Waals surface area (Å²) in [6.07, 6.45) is 7.02. The predicted molar refractivity (Wildman–Crippen MR) is 119 cm³/mol. The van der Waals surface area contributed by atoms with E-state index in [1.807, 2.05) is 60.7 Å². The number of hydrogen-bond acceptors (Lipinski definition) is 5. The van der Waals surface area contributed by atoms with Crippen LogP contribution in [0.1, 0.15) is 22.8 Å². The number of terminal acetylenes is 1. The molecule has 5 nitrogen and oxygen atoms in total. The molecule has 1 aromatic heterocycles. The Labute approximate surface area is 174 Å². The highest BCUT2D eigenvalue weighted by Gasteiger charge is 2.14. The van der Waals surface area contributed by atoms with E-state index in [-0.39, 0.29) is 5.97 Å². The van der Waals surface area contributed by atoms with Crippen molar-refractivity contribution in [1.82, 2.24) is 9.97 Å². The summed E-state index contributed by atoms with van der Waals surface area (Å²) in [7, 11) is 0. The second-order valence-electron chi connectivity index (χ2n) is 6.57. The van der Waals surface area contributed by atoms with Gasteiger partial charge in [-0.3, -0.25) is 0 Å². The van der Waals surface area contributed by atoms with Crippen LogP contribution in [-0.4, -0.2) is 22.5 Å². The second kappa shape index (κ2) is 8.46. The van der Waals surface area contributed by atoms with Gasteiger partial charge >= 0.3 is 5.97 Å². The van der Waals surface area contributed by atoms with Crippen molar-refractivity contribution in [2.24, 2.45) is 0 Å². The highest BCUT2D eigenvalue weighted by Crippen LogP contribution is 2.30. The summed E-state index contributed by atoms with van der Waals surface area (Å²) < 4.78 is 5.21. The molecule has 4 aromatic rings. The Hall–Kier alpha value is -4.17. The van der Waals surface area contributed by atoms with Gasteiger partial charge in [-0.15, -0.1) is 6.42 Å². The van der Waals surface area contributed by atoms with Crippen molar-refractivity contribution in [3.8, 4) is 23.5 Å². The van der Waals surface area contributed by atoms with E-state index in [1.54, 1.807) is 13.0 Å². The highest BCUT2D eigenvalue weighted by atomic mass is 16.5. The Morgan fingerprint density at radius 1 is 1.07 bits per heavy atom. The van der Waals surface area contributed by atoms with Gasteiger partial charge in [-0.05, 0) is 54.4 Å². The summed E-state index contributed by atoms with van der Waals surface area (Å²) in [5.41, 5.74) is 4.60. The zero-order valence-electron chi connectivity index (χ0n) is 16.4.